The van der Waals surface area contributed by atoms with Crippen molar-refractivity contribution >= 4 is 23.8 Å². The Morgan fingerprint density at radius 3 is 1.76 bits per heavy atom. The molecule has 0 spiro atoms. The zero-order valence-corrected chi connectivity index (χ0v) is 34.0. The van der Waals surface area contributed by atoms with Crippen molar-refractivity contribution in [1.82, 2.24) is 0 Å². The third-order valence-corrected chi connectivity index (χ3v) is 10.2. The molecule has 0 saturated carbocycles. The fraction of sp³-hybridized carbons (Fsp3) is 0.130. The van der Waals surface area contributed by atoms with Crippen LogP contribution in [0.5, 0.6) is 0 Å². The van der Waals surface area contributed by atoms with Gasteiger partial charge in [-0.3, -0.25) is 15.0 Å². The SMILES string of the molecule is C=C/C=C(C=C)/C(N)=C/C(=NC)c1ccccc1.C=N/C(=C\C(=NCc1ccc(C(C)(C2=CCC(C)C=C2)c2ccccc2)cc1)c1ccccc1)c1ccccc1. The van der Waals surface area contributed by atoms with E-state index < -0.39 is 0 Å². The fourth-order valence-corrected chi connectivity index (χ4v) is 6.80. The largest absolute Gasteiger partial charge is 0.398 e. The van der Waals surface area contributed by atoms with Crippen molar-refractivity contribution in [2.24, 2.45) is 26.6 Å². The lowest BCUT2D eigenvalue weighted by atomic mass is 9.69. The maximum absolute atomic E-state index is 6.02. The number of rotatable bonds is 14. The Morgan fingerprint density at radius 1 is 0.724 bits per heavy atom. The van der Waals surface area contributed by atoms with E-state index in [0.29, 0.717) is 18.2 Å². The van der Waals surface area contributed by atoms with E-state index in [2.05, 4.69) is 129 Å². The first-order valence-corrected chi connectivity index (χ1v) is 19.6. The molecule has 2 unspecified atom stereocenters. The maximum atomic E-state index is 6.02. The van der Waals surface area contributed by atoms with Crippen LogP contribution in [-0.2, 0) is 12.0 Å². The second-order valence-corrected chi connectivity index (χ2v) is 14.2. The fourth-order valence-electron chi connectivity index (χ4n) is 6.80. The molecule has 4 heteroatoms. The van der Waals surface area contributed by atoms with E-state index >= 15 is 0 Å². The third-order valence-electron chi connectivity index (χ3n) is 10.2. The normalized spacial score (nSPS) is 15.9. The number of nitrogens with zero attached hydrogens (tertiary/aromatic N) is 3. The molecule has 290 valence electrons. The van der Waals surface area contributed by atoms with Gasteiger partial charge in [0.2, 0.25) is 0 Å². The molecule has 0 aliphatic heterocycles. The molecule has 0 amide bonds. The molecule has 1 aliphatic carbocycles. The smallest absolute Gasteiger partial charge is 0.0716 e. The van der Waals surface area contributed by atoms with E-state index in [9.17, 15) is 0 Å². The van der Waals surface area contributed by atoms with Crippen LogP contribution in [0, 0.1) is 5.92 Å². The lowest BCUT2D eigenvalue weighted by molar-refractivity contribution is 0.653. The summed E-state index contributed by atoms with van der Waals surface area (Å²) in [6, 6.07) is 50.1. The molecule has 0 bridgehead atoms. The molecule has 0 aromatic heterocycles. The van der Waals surface area contributed by atoms with Crippen molar-refractivity contribution in [2.45, 2.75) is 32.2 Å². The monoisotopic (exact) mass is 758 g/mol. The predicted molar refractivity (Wildman–Crippen MR) is 251 cm³/mol. The summed E-state index contributed by atoms with van der Waals surface area (Å²) in [5.74, 6) is 0.579. The molecule has 0 heterocycles. The van der Waals surface area contributed by atoms with Gasteiger partial charge in [-0.05, 0) is 77.1 Å². The molecule has 5 aromatic carbocycles. The van der Waals surface area contributed by atoms with Crippen molar-refractivity contribution < 1.29 is 0 Å². The number of aliphatic imine (C=N–C) groups is 3. The van der Waals surface area contributed by atoms with Crippen molar-refractivity contribution in [2.75, 3.05) is 7.05 Å². The molecule has 4 nitrogen and oxygen atoms in total. The summed E-state index contributed by atoms with van der Waals surface area (Å²) in [7, 11) is 1.75. The molecule has 0 fully saturated rings. The molecule has 6 rings (SSSR count). The zero-order valence-electron chi connectivity index (χ0n) is 34.0. The Kier molecular flexibility index (Phi) is 15.6. The molecule has 58 heavy (non-hydrogen) atoms. The molecule has 0 saturated heterocycles. The van der Waals surface area contributed by atoms with Crippen LogP contribution in [0.15, 0.2) is 239 Å². The molecular formula is C54H54N4. The van der Waals surface area contributed by atoms with Gasteiger partial charge < -0.3 is 5.73 Å². The van der Waals surface area contributed by atoms with Gasteiger partial charge in [-0.2, -0.15) is 0 Å². The highest BCUT2D eigenvalue weighted by Gasteiger charge is 2.32. The van der Waals surface area contributed by atoms with Crippen LogP contribution in [0.3, 0.4) is 0 Å². The number of nitrogens with two attached hydrogens (primary N) is 1. The van der Waals surface area contributed by atoms with E-state index in [0.717, 1.165) is 51.4 Å². The number of allylic oxidation sites excluding steroid dienone is 9. The van der Waals surface area contributed by atoms with Crippen LogP contribution in [0.1, 0.15) is 53.6 Å². The predicted octanol–water partition coefficient (Wildman–Crippen LogP) is 12.5. The lowest BCUT2D eigenvalue weighted by Crippen LogP contribution is -2.26. The topological polar surface area (TPSA) is 63.1 Å². The van der Waals surface area contributed by atoms with E-state index in [1.54, 1.807) is 19.2 Å². The van der Waals surface area contributed by atoms with Crippen LogP contribution in [0.2, 0.25) is 0 Å². The summed E-state index contributed by atoms with van der Waals surface area (Å²) in [5.41, 5.74) is 18.0. The standard InChI is InChI=1S/C38H36N2.C16H18N2/c1-29-19-23-34(24-20-29)38(2,33-17-11-6-12-18-33)35-25-21-30(22-26-35)28-40-37(32-15-9-5-10-16-32)27-36(39-3)31-13-7-4-8-14-31;1-4-9-13(5-2)15(17)12-16(18-3)14-10-7-6-8-11-14/h4-19,21-27,29H,3,20,28H2,1-2H3;4-12H,1-2,17H2,3H3/b36-27-,40-37?;13-9+,15-12-,18-16?. The minimum Gasteiger partial charge on any atom is -0.398 e. The van der Waals surface area contributed by atoms with E-state index in [1.807, 2.05) is 97.1 Å². The average molecular weight is 759 g/mol. The highest BCUT2D eigenvalue weighted by molar-refractivity contribution is 6.12. The Hall–Kier alpha value is -6.91. The first-order valence-electron chi connectivity index (χ1n) is 19.6. The van der Waals surface area contributed by atoms with Gasteiger partial charge in [0.25, 0.3) is 0 Å². The van der Waals surface area contributed by atoms with Crippen LogP contribution >= 0.6 is 0 Å². The van der Waals surface area contributed by atoms with E-state index in [4.69, 9.17) is 10.7 Å². The summed E-state index contributed by atoms with van der Waals surface area (Å²) in [4.78, 5) is 13.6. The number of benzene rings is 5. The van der Waals surface area contributed by atoms with Crippen LogP contribution < -0.4 is 5.73 Å². The first kappa shape index (κ1) is 42.2. The summed E-state index contributed by atoms with van der Waals surface area (Å²) in [6.07, 6.45) is 17.2. The van der Waals surface area contributed by atoms with E-state index in [1.165, 1.54) is 16.7 Å². The summed E-state index contributed by atoms with van der Waals surface area (Å²) >= 11 is 0. The van der Waals surface area contributed by atoms with Gasteiger partial charge in [-0.1, -0.05) is 202 Å². The zero-order chi connectivity index (χ0) is 41.2. The first-order chi connectivity index (χ1) is 28.3. The van der Waals surface area contributed by atoms with Crippen molar-refractivity contribution in [3.8, 4) is 0 Å². The number of hydrogen-bond acceptors (Lipinski definition) is 4. The summed E-state index contributed by atoms with van der Waals surface area (Å²) < 4.78 is 0. The highest BCUT2D eigenvalue weighted by Crippen LogP contribution is 2.41. The lowest BCUT2D eigenvalue weighted by Gasteiger charge is -2.34. The Bertz CT molecular complexity index is 2340. The van der Waals surface area contributed by atoms with Gasteiger partial charge in [0.05, 0.1) is 23.7 Å². The average Bonchev–Trinajstić information content (AvgIpc) is 3.29. The minimum atomic E-state index is -0.224. The van der Waals surface area contributed by atoms with Gasteiger partial charge >= 0.3 is 0 Å². The quantitative estimate of drug-likeness (QED) is 0.0889. The van der Waals surface area contributed by atoms with Gasteiger partial charge in [0, 0.05) is 23.7 Å². The Balaban J connectivity index is 0.000000299. The second-order valence-electron chi connectivity index (χ2n) is 14.2. The van der Waals surface area contributed by atoms with Crippen molar-refractivity contribution in [1.29, 1.82) is 0 Å². The molecular weight excluding hydrogens is 705 g/mol. The van der Waals surface area contributed by atoms with Crippen LogP contribution in [-0.4, -0.2) is 25.2 Å². The third kappa shape index (κ3) is 11.1. The molecule has 0 radical (unpaired) electrons. The summed E-state index contributed by atoms with van der Waals surface area (Å²) in [6.45, 7) is 16.4. The molecule has 2 N–H and O–H groups in total. The molecule has 5 aromatic rings. The van der Waals surface area contributed by atoms with Crippen molar-refractivity contribution in [3.05, 3.63) is 258 Å². The highest BCUT2D eigenvalue weighted by atomic mass is 14.8. The minimum absolute atomic E-state index is 0.224. The second kappa shape index (κ2) is 21.4. The molecule has 2 atom stereocenters. The molecule has 1 aliphatic rings. The van der Waals surface area contributed by atoms with Crippen molar-refractivity contribution in [3.63, 3.8) is 0 Å². The van der Waals surface area contributed by atoms with Crippen LogP contribution in [0.4, 0.5) is 0 Å². The van der Waals surface area contributed by atoms with Gasteiger partial charge in [0.15, 0.2) is 0 Å². The number of hydrogen-bond donors (Lipinski definition) is 1. The van der Waals surface area contributed by atoms with Crippen LogP contribution in [0.25, 0.3) is 5.70 Å². The summed E-state index contributed by atoms with van der Waals surface area (Å²) in [5, 5.41) is 0. The van der Waals surface area contributed by atoms with E-state index in [-0.39, 0.29) is 5.41 Å². The van der Waals surface area contributed by atoms with Gasteiger partial charge in [0.1, 0.15) is 0 Å². The van der Waals surface area contributed by atoms with Gasteiger partial charge in [-0.15, -0.1) is 0 Å². The maximum Gasteiger partial charge on any atom is 0.0716 e. The van der Waals surface area contributed by atoms with Gasteiger partial charge in [-0.25, -0.2) is 0 Å². The Morgan fingerprint density at radius 2 is 1.26 bits per heavy atom. The Labute approximate surface area is 346 Å².